The van der Waals surface area contributed by atoms with Crippen molar-refractivity contribution in [1.29, 1.82) is 0 Å². The van der Waals surface area contributed by atoms with Gasteiger partial charge in [-0.2, -0.15) is 0 Å². The van der Waals surface area contributed by atoms with Crippen LogP contribution < -0.4 is 0 Å². The van der Waals surface area contributed by atoms with Crippen LogP contribution >= 0.6 is 0 Å². The first-order valence-corrected chi connectivity index (χ1v) is 6.84. The van der Waals surface area contributed by atoms with E-state index in [1.165, 1.54) is 12.1 Å². The molecule has 21 heavy (non-hydrogen) atoms. The molecule has 1 aromatic carbocycles. The van der Waals surface area contributed by atoms with Gasteiger partial charge >= 0.3 is 5.97 Å². The standard InChI is InChI=1S/C14H17FN4O2/c1-2-9-19-13(16-17-18-19)10-21-14(20)8-5-11-3-6-12(15)7-4-11/h3-4,6-7H,2,5,8-10H2,1H3. The number of aromatic nitrogens is 4. The molecule has 0 bridgehead atoms. The minimum atomic E-state index is -0.328. The smallest absolute Gasteiger partial charge is 0.306 e. The molecule has 0 atom stereocenters. The highest BCUT2D eigenvalue weighted by atomic mass is 19.1. The second kappa shape index (κ2) is 7.47. The average Bonchev–Trinajstić information content (AvgIpc) is 2.92. The molecule has 0 spiro atoms. The SMILES string of the molecule is CCCn1nnnc1COC(=O)CCc1ccc(F)cc1. The third-order valence-corrected chi connectivity index (χ3v) is 2.93. The van der Waals surface area contributed by atoms with Crippen molar-refractivity contribution in [3.8, 4) is 0 Å². The van der Waals surface area contributed by atoms with E-state index < -0.39 is 0 Å². The first-order valence-electron chi connectivity index (χ1n) is 6.84. The van der Waals surface area contributed by atoms with Crippen LogP contribution in [0, 0.1) is 5.82 Å². The third kappa shape index (κ3) is 4.62. The topological polar surface area (TPSA) is 69.9 Å². The van der Waals surface area contributed by atoms with Gasteiger partial charge in [0.05, 0.1) is 0 Å². The lowest BCUT2D eigenvalue weighted by molar-refractivity contribution is -0.145. The summed E-state index contributed by atoms with van der Waals surface area (Å²) >= 11 is 0. The van der Waals surface area contributed by atoms with Crippen LogP contribution in [-0.4, -0.2) is 26.2 Å². The van der Waals surface area contributed by atoms with Crippen molar-refractivity contribution < 1.29 is 13.9 Å². The number of aryl methyl sites for hydroxylation is 2. The Morgan fingerprint density at radius 3 is 2.81 bits per heavy atom. The van der Waals surface area contributed by atoms with E-state index in [2.05, 4.69) is 15.5 Å². The molecule has 2 rings (SSSR count). The van der Waals surface area contributed by atoms with Gasteiger partial charge in [-0.25, -0.2) is 9.07 Å². The van der Waals surface area contributed by atoms with E-state index in [9.17, 15) is 9.18 Å². The lowest BCUT2D eigenvalue weighted by Gasteiger charge is -2.05. The number of hydrogen-bond donors (Lipinski definition) is 0. The molecule has 0 radical (unpaired) electrons. The summed E-state index contributed by atoms with van der Waals surface area (Å²) in [5.74, 6) is -0.0820. The Bertz CT molecular complexity index is 583. The quantitative estimate of drug-likeness (QED) is 0.729. The van der Waals surface area contributed by atoms with Gasteiger partial charge in [0, 0.05) is 13.0 Å². The van der Waals surface area contributed by atoms with Gasteiger partial charge in [0.15, 0.2) is 12.4 Å². The van der Waals surface area contributed by atoms with E-state index in [4.69, 9.17) is 4.74 Å². The van der Waals surface area contributed by atoms with E-state index in [1.807, 2.05) is 6.92 Å². The van der Waals surface area contributed by atoms with E-state index in [0.29, 0.717) is 18.8 Å². The molecule has 0 amide bonds. The van der Waals surface area contributed by atoms with E-state index >= 15 is 0 Å². The first-order chi connectivity index (χ1) is 10.2. The van der Waals surface area contributed by atoms with Gasteiger partial charge in [-0.15, -0.1) is 5.10 Å². The molecule has 0 aliphatic carbocycles. The highest BCUT2D eigenvalue weighted by Crippen LogP contribution is 2.07. The number of esters is 1. The van der Waals surface area contributed by atoms with E-state index in [-0.39, 0.29) is 24.8 Å². The zero-order chi connectivity index (χ0) is 15.1. The van der Waals surface area contributed by atoms with Crippen LogP contribution in [0.4, 0.5) is 4.39 Å². The van der Waals surface area contributed by atoms with Crippen LogP contribution in [0.2, 0.25) is 0 Å². The Balaban J connectivity index is 1.77. The lowest BCUT2D eigenvalue weighted by atomic mass is 10.1. The summed E-state index contributed by atoms with van der Waals surface area (Å²) in [5.41, 5.74) is 0.893. The molecular formula is C14H17FN4O2. The van der Waals surface area contributed by atoms with Crippen molar-refractivity contribution in [1.82, 2.24) is 20.2 Å². The Hall–Kier alpha value is -2.31. The fourth-order valence-corrected chi connectivity index (χ4v) is 1.83. The fourth-order valence-electron chi connectivity index (χ4n) is 1.83. The Kier molecular flexibility index (Phi) is 5.36. The third-order valence-electron chi connectivity index (χ3n) is 2.93. The predicted molar refractivity (Wildman–Crippen MR) is 72.6 cm³/mol. The lowest BCUT2D eigenvalue weighted by Crippen LogP contribution is -2.11. The molecule has 0 saturated heterocycles. The van der Waals surface area contributed by atoms with Crippen LogP contribution in [0.25, 0.3) is 0 Å². The molecule has 0 fully saturated rings. The van der Waals surface area contributed by atoms with Crippen LogP contribution in [0.3, 0.4) is 0 Å². The molecular weight excluding hydrogens is 275 g/mol. The maximum Gasteiger partial charge on any atom is 0.306 e. The second-order valence-electron chi connectivity index (χ2n) is 4.61. The van der Waals surface area contributed by atoms with Gasteiger partial charge in [0.2, 0.25) is 0 Å². The first kappa shape index (κ1) is 15.1. The zero-order valence-electron chi connectivity index (χ0n) is 11.8. The molecule has 0 aliphatic heterocycles. The maximum absolute atomic E-state index is 12.8. The van der Waals surface area contributed by atoms with Crippen LogP contribution in [0.5, 0.6) is 0 Å². The van der Waals surface area contributed by atoms with Crippen LogP contribution in [-0.2, 0) is 29.1 Å². The fraction of sp³-hybridized carbons (Fsp3) is 0.429. The summed E-state index contributed by atoms with van der Waals surface area (Å²) in [6.07, 6.45) is 1.65. The van der Waals surface area contributed by atoms with Crippen LogP contribution in [0.15, 0.2) is 24.3 Å². The molecule has 112 valence electrons. The van der Waals surface area contributed by atoms with Gasteiger partial charge < -0.3 is 4.74 Å². The number of hydrogen-bond acceptors (Lipinski definition) is 5. The number of carbonyl (C=O) groups excluding carboxylic acids is 1. The summed E-state index contributed by atoms with van der Waals surface area (Å²) in [6.45, 7) is 2.77. The maximum atomic E-state index is 12.8. The Labute approximate surface area is 121 Å². The van der Waals surface area contributed by atoms with Crippen molar-refractivity contribution in [3.05, 3.63) is 41.5 Å². The summed E-state index contributed by atoms with van der Waals surface area (Å²) < 4.78 is 19.5. The number of carbonyl (C=O) groups is 1. The summed E-state index contributed by atoms with van der Waals surface area (Å²) in [4.78, 5) is 11.7. The van der Waals surface area contributed by atoms with Crippen molar-refractivity contribution >= 4 is 5.97 Å². The normalized spacial score (nSPS) is 10.6. The van der Waals surface area contributed by atoms with Crippen molar-refractivity contribution in [2.45, 2.75) is 39.3 Å². The molecule has 0 saturated carbocycles. The van der Waals surface area contributed by atoms with Gasteiger partial charge in [-0.3, -0.25) is 4.79 Å². The number of rotatable bonds is 7. The molecule has 1 heterocycles. The molecule has 0 N–H and O–H groups in total. The van der Waals surface area contributed by atoms with Gasteiger partial charge in [-0.05, 0) is 41.0 Å². The average molecular weight is 292 g/mol. The number of halogens is 1. The number of ether oxygens (including phenoxy) is 1. The number of nitrogens with zero attached hydrogens (tertiary/aromatic N) is 4. The molecule has 0 unspecified atom stereocenters. The van der Waals surface area contributed by atoms with Crippen LogP contribution in [0.1, 0.15) is 31.2 Å². The largest absolute Gasteiger partial charge is 0.457 e. The highest BCUT2D eigenvalue weighted by molar-refractivity contribution is 5.69. The Morgan fingerprint density at radius 2 is 2.10 bits per heavy atom. The van der Waals surface area contributed by atoms with Crippen molar-refractivity contribution in [2.75, 3.05) is 0 Å². The molecule has 6 nitrogen and oxygen atoms in total. The predicted octanol–water partition coefficient (Wildman–Crippen LogP) is 1.90. The van der Waals surface area contributed by atoms with E-state index in [1.54, 1.807) is 16.8 Å². The highest BCUT2D eigenvalue weighted by Gasteiger charge is 2.09. The van der Waals surface area contributed by atoms with E-state index in [0.717, 1.165) is 12.0 Å². The summed E-state index contributed by atoms with van der Waals surface area (Å²) in [7, 11) is 0. The minimum absolute atomic E-state index is 0.0647. The van der Waals surface area contributed by atoms with Crippen molar-refractivity contribution in [2.24, 2.45) is 0 Å². The number of tetrazole rings is 1. The number of benzene rings is 1. The second-order valence-corrected chi connectivity index (χ2v) is 4.61. The van der Waals surface area contributed by atoms with Gasteiger partial charge in [0.1, 0.15) is 5.82 Å². The van der Waals surface area contributed by atoms with Gasteiger partial charge in [0.25, 0.3) is 0 Å². The van der Waals surface area contributed by atoms with Gasteiger partial charge in [-0.1, -0.05) is 19.1 Å². The summed E-state index contributed by atoms with van der Waals surface area (Å²) in [5, 5.41) is 11.2. The molecule has 1 aromatic heterocycles. The van der Waals surface area contributed by atoms with Crippen molar-refractivity contribution in [3.63, 3.8) is 0 Å². The molecule has 2 aromatic rings. The molecule has 0 aliphatic rings. The monoisotopic (exact) mass is 292 g/mol. The minimum Gasteiger partial charge on any atom is -0.457 e. The Morgan fingerprint density at radius 1 is 1.33 bits per heavy atom. The zero-order valence-corrected chi connectivity index (χ0v) is 11.8. The summed E-state index contributed by atoms with van der Waals surface area (Å²) in [6, 6.07) is 6.06. The molecule has 7 heteroatoms.